The standard InChI is InChI=1S/C14H19NO/c1-5-10-7-13-12(15-9-16-13)8-11(10)14(3,4)6-2/h7-9H,5-6H2,1-4H3. The van der Waals surface area contributed by atoms with Crippen LogP contribution in [0.4, 0.5) is 0 Å². The number of hydrogen-bond acceptors (Lipinski definition) is 2. The molecule has 1 aromatic carbocycles. The van der Waals surface area contributed by atoms with E-state index in [1.165, 1.54) is 17.5 Å². The number of aromatic nitrogens is 1. The smallest absolute Gasteiger partial charge is 0.181 e. The van der Waals surface area contributed by atoms with Crippen molar-refractivity contribution in [3.63, 3.8) is 0 Å². The molecule has 2 heteroatoms. The first-order valence-electron chi connectivity index (χ1n) is 5.95. The topological polar surface area (TPSA) is 26.0 Å². The van der Waals surface area contributed by atoms with Crippen molar-refractivity contribution in [2.45, 2.75) is 46.0 Å². The molecule has 0 spiro atoms. The fourth-order valence-electron chi connectivity index (χ4n) is 2.06. The molecular weight excluding hydrogens is 198 g/mol. The molecule has 0 unspecified atom stereocenters. The van der Waals surface area contributed by atoms with Crippen molar-refractivity contribution in [1.29, 1.82) is 0 Å². The van der Waals surface area contributed by atoms with Crippen LogP contribution in [0.15, 0.2) is 22.9 Å². The van der Waals surface area contributed by atoms with E-state index >= 15 is 0 Å². The second kappa shape index (κ2) is 3.93. The SMILES string of the molecule is CCc1cc2ocnc2cc1C(C)(C)CC. The molecule has 0 aliphatic heterocycles. The van der Waals surface area contributed by atoms with Crippen molar-refractivity contribution < 1.29 is 4.42 Å². The predicted molar refractivity (Wildman–Crippen MR) is 66.7 cm³/mol. The summed E-state index contributed by atoms with van der Waals surface area (Å²) < 4.78 is 5.35. The average molecular weight is 217 g/mol. The van der Waals surface area contributed by atoms with Crippen LogP contribution in [-0.2, 0) is 11.8 Å². The third-order valence-electron chi connectivity index (χ3n) is 3.55. The van der Waals surface area contributed by atoms with Crippen LogP contribution in [0.1, 0.15) is 45.2 Å². The summed E-state index contributed by atoms with van der Waals surface area (Å²) in [6.07, 6.45) is 3.69. The summed E-state index contributed by atoms with van der Waals surface area (Å²) >= 11 is 0. The third-order valence-corrected chi connectivity index (χ3v) is 3.55. The quantitative estimate of drug-likeness (QED) is 0.774. The Hall–Kier alpha value is -1.31. The van der Waals surface area contributed by atoms with Crippen LogP contribution < -0.4 is 0 Å². The largest absolute Gasteiger partial charge is 0.443 e. The maximum atomic E-state index is 5.35. The molecule has 1 aromatic heterocycles. The van der Waals surface area contributed by atoms with Gasteiger partial charge in [-0.15, -0.1) is 0 Å². The molecule has 0 N–H and O–H groups in total. The van der Waals surface area contributed by atoms with Crippen LogP contribution in [0, 0.1) is 0 Å². The fraction of sp³-hybridized carbons (Fsp3) is 0.500. The molecule has 0 amide bonds. The Labute approximate surface area is 96.7 Å². The summed E-state index contributed by atoms with van der Waals surface area (Å²) in [5.41, 5.74) is 4.84. The first-order valence-corrected chi connectivity index (χ1v) is 5.95. The minimum absolute atomic E-state index is 0.207. The molecule has 0 saturated carbocycles. The van der Waals surface area contributed by atoms with Gasteiger partial charge in [-0.3, -0.25) is 0 Å². The van der Waals surface area contributed by atoms with Crippen LogP contribution in [0.3, 0.4) is 0 Å². The van der Waals surface area contributed by atoms with Crippen LogP contribution >= 0.6 is 0 Å². The molecule has 0 aliphatic carbocycles. The lowest BCUT2D eigenvalue weighted by atomic mass is 9.79. The number of aryl methyl sites for hydroxylation is 1. The zero-order valence-electron chi connectivity index (χ0n) is 10.5. The van der Waals surface area contributed by atoms with E-state index in [4.69, 9.17) is 4.42 Å². The predicted octanol–water partition coefficient (Wildman–Crippen LogP) is 4.08. The van der Waals surface area contributed by atoms with Gasteiger partial charge in [0.1, 0.15) is 5.52 Å². The van der Waals surface area contributed by atoms with Crippen molar-refractivity contribution in [2.24, 2.45) is 0 Å². The molecular formula is C14H19NO. The molecule has 0 saturated heterocycles. The molecule has 2 rings (SSSR count). The van der Waals surface area contributed by atoms with E-state index in [0.717, 1.165) is 23.9 Å². The van der Waals surface area contributed by atoms with Gasteiger partial charge in [-0.1, -0.05) is 27.7 Å². The highest BCUT2D eigenvalue weighted by Gasteiger charge is 2.22. The van der Waals surface area contributed by atoms with Gasteiger partial charge < -0.3 is 4.42 Å². The van der Waals surface area contributed by atoms with E-state index in [9.17, 15) is 0 Å². The van der Waals surface area contributed by atoms with Gasteiger partial charge >= 0.3 is 0 Å². The molecule has 2 aromatic rings. The lowest BCUT2D eigenvalue weighted by Crippen LogP contribution is -2.17. The van der Waals surface area contributed by atoms with E-state index in [1.807, 2.05) is 0 Å². The minimum atomic E-state index is 0.207. The van der Waals surface area contributed by atoms with E-state index in [-0.39, 0.29) is 5.41 Å². The zero-order chi connectivity index (χ0) is 11.8. The summed E-state index contributed by atoms with van der Waals surface area (Å²) in [7, 11) is 0. The normalized spacial score (nSPS) is 12.2. The van der Waals surface area contributed by atoms with Gasteiger partial charge in [0, 0.05) is 0 Å². The number of oxazole rings is 1. The summed E-state index contributed by atoms with van der Waals surface area (Å²) in [6, 6.07) is 4.32. The minimum Gasteiger partial charge on any atom is -0.443 e. The van der Waals surface area contributed by atoms with Gasteiger partial charge in [0.2, 0.25) is 0 Å². The number of hydrogen-bond donors (Lipinski definition) is 0. The highest BCUT2D eigenvalue weighted by atomic mass is 16.3. The van der Waals surface area contributed by atoms with E-state index in [1.54, 1.807) is 0 Å². The molecule has 0 fully saturated rings. The Bertz CT molecular complexity index is 496. The number of nitrogens with zero attached hydrogens (tertiary/aromatic N) is 1. The Balaban J connectivity index is 2.66. The summed E-state index contributed by atoms with van der Waals surface area (Å²) in [6.45, 7) is 8.99. The molecule has 0 aliphatic rings. The second-order valence-corrected chi connectivity index (χ2v) is 4.92. The third kappa shape index (κ3) is 1.73. The number of benzene rings is 1. The van der Waals surface area contributed by atoms with E-state index < -0.39 is 0 Å². The van der Waals surface area contributed by atoms with Crippen molar-refractivity contribution in [3.05, 3.63) is 29.7 Å². The lowest BCUT2D eigenvalue weighted by Gasteiger charge is -2.26. The molecule has 1 heterocycles. The van der Waals surface area contributed by atoms with Gasteiger partial charge in [-0.05, 0) is 41.5 Å². The second-order valence-electron chi connectivity index (χ2n) is 4.92. The van der Waals surface area contributed by atoms with E-state index in [2.05, 4.69) is 44.8 Å². The maximum Gasteiger partial charge on any atom is 0.181 e. The number of rotatable bonds is 3. The molecule has 0 atom stereocenters. The molecule has 16 heavy (non-hydrogen) atoms. The van der Waals surface area contributed by atoms with Gasteiger partial charge in [0.05, 0.1) is 0 Å². The number of fused-ring (bicyclic) bond motifs is 1. The van der Waals surface area contributed by atoms with Gasteiger partial charge in [-0.2, -0.15) is 0 Å². The van der Waals surface area contributed by atoms with Crippen LogP contribution in [0.2, 0.25) is 0 Å². The van der Waals surface area contributed by atoms with Gasteiger partial charge in [0.25, 0.3) is 0 Å². The van der Waals surface area contributed by atoms with Crippen molar-refractivity contribution in [3.8, 4) is 0 Å². The molecule has 86 valence electrons. The lowest BCUT2D eigenvalue weighted by molar-refractivity contribution is 0.502. The van der Waals surface area contributed by atoms with Crippen molar-refractivity contribution in [1.82, 2.24) is 4.98 Å². The van der Waals surface area contributed by atoms with Crippen LogP contribution in [0.25, 0.3) is 11.1 Å². The van der Waals surface area contributed by atoms with Crippen molar-refractivity contribution in [2.75, 3.05) is 0 Å². The highest BCUT2D eigenvalue weighted by molar-refractivity contribution is 5.74. The maximum absolute atomic E-state index is 5.35. The fourth-order valence-corrected chi connectivity index (χ4v) is 2.06. The van der Waals surface area contributed by atoms with Gasteiger partial charge in [-0.25, -0.2) is 4.98 Å². The summed E-state index contributed by atoms with van der Waals surface area (Å²) in [5, 5.41) is 0. The van der Waals surface area contributed by atoms with Gasteiger partial charge in [0.15, 0.2) is 12.0 Å². The van der Waals surface area contributed by atoms with Crippen LogP contribution in [0.5, 0.6) is 0 Å². The Kier molecular flexibility index (Phi) is 2.75. The highest BCUT2D eigenvalue weighted by Crippen LogP contribution is 2.32. The molecule has 0 radical (unpaired) electrons. The Morgan fingerprint density at radius 3 is 2.62 bits per heavy atom. The summed E-state index contributed by atoms with van der Waals surface area (Å²) in [5.74, 6) is 0. The molecule has 0 bridgehead atoms. The van der Waals surface area contributed by atoms with Crippen LogP contribution in [-0.4, -0.2) is 4.98 Å². The zero-order valence-corrected chi connectivity index (χ0v) is 10.5. The van der Waals surface area contributed by atoms with Crippen molar-refractivity contribution >= 4 is 11.1 Å². The molecule has 2 nitrogen and oxygen atoms in total. The monoisotopic (exact) mass is 217 g/mol. The first-order chi connectivity index (χ1) is 7.58. The Morgan fingerprint density at radius 2 is 2.00 bits per heavy atom. The first kappa shape index (κ1) is 11.2. The average Bonchev–Trinajstić information content (AvgIpc) is 2.74. The van der Waals surface area contributed by atoms with E-state index in [0.29, 0.717) is 0 Å². The summed E-state index contributed by atoms with van der Waals surface area (Å²) in [4.78, 5) is 4.24. The Morgan fingerprint density at radius 1 is 1.25 bits per heavy atom.